The molecule has 0 unspecified atom stereocenters. The second-order valence-electron chi connectivity index (χ2n) is 4.20. The van der Waals surface area contributed by atoms with Gasteiger partial charge >= 0.3 is 0 Å². The third-order valence-electron chi connectivity index (χ3n) is 2.66. The van der Waals surface area contributed by atoms with Gasteiger partial charge in [0.05, 0.1) is 23.8 Å². The van der Waals surface area contributed by atoms with Crippen LogP contribution in [0.3, 0.4) is 0 Å². The Bertz CT molecular complexity index is 603. The maximum Gasteiger partial charge on any atom is 0.119 e. The van der Waals surface area contributed by atoms with Gasteiger partial charge in [-0.1, -0.05) is 23.4 Å². The molecule has 104 valence electrons. The van der Waals surface area contributed by atoms with Gasteiger partial charge in [0.25, 0.3) is 0 Å². The summed E-state index contributed by atoms with van der Waals surface area (Å²) in [6.45, 7) is 3.43. The summed E-state index contributed by atoms with van der Waals surface area (Å²) < 4.78 is 7.42. The number of benzene rings is 1. The Labute approximate surface area is 123 Å². The lowest BCUT2D eigenvalue weighted by atomic mass is 10.2. The molecule has 0 radical (unpaired) electrons. The monoisotopic (exact) mass is 289 g/mol. The summed E-state index contributed by atoms with van der Waals surface area (Å²) in [4.78, 5) is 0. The summed E-state index contributed by atoms with van der Waals surface area (Å²) in [5.41, 5.74) is 7.08. The molecule has 0 atom stereocenters. The Morgan fingerprint density at radius 2 is 2.10 bits per heavy atom. The molecule has 0 aliphatic heterocycles. The molecule has 0 amide bonds. The van der Waals surface area contributed by atoms with E-state index in [2.05, 4.69) is 16.9 Å². The van der Waals surface area contributed by atoms with Gasteiger partial charge in [0.15, 0.2) is 0 Å². The van der Waals surface area contributed by atoms with Crippen LogP contribution in [0.15, 0.2) is 30.5 Å². The van der Waals surface area contributed by atoms with Gasteiger partial charge in [0, 0.05) is 11.8 Å². The first kappa shape index (κ1) is 14.4. The summed E-state index contributed by atoms with van der Waals surface area (Å²) in [6, 6.07) is 7.60. The van der Waals surface area contributed by atoms with Crippen LogP contribution in [0.2, 0.25) is 5.02 Å². The van der Waals surface area contributed by atoms with Crippen molar-refractivity contribution in [3.8, 4) is 17.6 Å². The van der Waals surface area contributed by atoms with E-state index in [0.29, 0.717) is 24.7 Å². The molecule has 0 fully saturated rings. The van der Waals surface area contributed by atoms with Crippen molar-refractivity contribution in [1.82, 2.24) is 9.78 Å². The molecule has 2 rings (SSSR count). The summed E-state index contributed by atoms with van der Waals surface area (Å²) in [5.74, 6) is 6.58. The van der Waals surface area contributed by atoms with Crippen LogP contribution in [0, 0.1) is 18.8 Å². The van der Waals surface area contributed by atoms with Crippen molar-refractivity contribution in [1.29, 1.82) is 0 Å². The van der Waals surface area contributed by atoms with Crippen molar-refractivity contribution >= 4 is 11.6 Å². The summed E-state index contributed by atoms with van der Waals surface area (Å²) in [7, 11) is 0. The van der Waals surface area contributed by atoms with E-state index in [4.69, 9.17) is 22.1 Å². The predicted molar refractivity (Wildman–Crippen MR) is 79.8 cm³/mol. The predicted octanol–water partition coefficient (Wildman–Crippen LogP) is 2.23. The van der Waals surface area contributed by atoms with E-state index < -0.39 is 0 Å². The molecule has 5 heteroatoms. The summed E-state index contributed by atoms with van der Waals surface area (Å²) >= 11 is 5.94. The first-order valence-corrected chi connectivity index (χ1v) is 6.68. The summed E-state index contributed by atoms with van der Waals surface area (Å²) in [5, 5.41) is 4.94. The minimum Gasteiger partial charge on any atom is -0.492 e. The summed E-state index contributed by atoms with van der Waals surface area (Å²) in [6.07, 6.45) is 1.80. The van der Waals surface area contributed by atoms with Gasteiger partial charge < -0.3 is 10.5 Å². The number of ether oxygens (including phenoxy) is 1. The Morgan fingerprint density at radius 1 is 1.35 bits per heavy atom. The highest BCUT2D eigenvalue weighted by atomic mass is 35.5. The van der Waals surface area contributed by atoms with Crippen LogP contribution in [0.5, 0.6) is 5.75 Å². The van der Waals surface area contributed by atoms with E-state index in [9.17, 15) is 0 Å². The molecule has 0 saturated carbocycles. The van der Waals surface area contributed by atoms with E-state index in [-0.39, 0.29) is 0 Å². The quantitative estimate of drug-likeness (QED) is 0.878. The lowest BCUT2D eigenvalue weighted by molar-refractivity contribution is 0.291. The maximum atomic E-state index is 5.94. The number of aromatic nitrogens is 2. The SMILES string of the molecule is Cc1nn(CCOc2ccc(C#CCN)cc2)cc1Cl. The van der Waals surface area contributed by atoms with Gasteiger partial charge in [0.1, 0.15) is 12.4 Å². The normalized spacial score (nSPS) is 9.95. The third kappa shape index (κ3) is 4.02. The zero-order valence-electron chi connectivity index (χ0n) is 11.3. The van der Waals surface area contributed by atoms with Crippen LogP contribution >= 0.6 is 11.6 Å². The van der Waals surface area contributed by atoms with Crippen LogP contribution in [0.25, 0.3) is 0 Å². The average Bonchev–Trinajstić information content (AvgIpc) is 2.77. The van der Waals surface area contributed by atoms with E-state index in [0.717, 1.165) is 17.0 Å². The highest BCUT2D eigenvalue weighted by Crippen LogP contribution is 2.13. The Morgan fingerprint density at radius 3 is 2.70 bits per heavy atom. The molecule has 1 aromatic heterocycles. The van der Waals surface area contributed by atoms with Crippen molar-refractivity contribution in [2.75, 3.05) is 13.2 Å². The van der Waals surface area contributed by atoms with Crippen LogP contribution in [0.1, 0.15) is 11.3 Å². The number of hydrogen-bond acceptors (Lipinski definition) is 3. The number of hydrogen-bond donors (Lipinski definition) is 1. The molecular formula is C15H16ClN3O. The second-order valence-corrected chi connectivity index (χ2v) is 4.61. The van der Waals surface area contributed by atoms with E-state index >= 15 is 0 Å². The first-order valence-electron chi connectivity index (χ1n) is 6.30. The molecule has 0 aliphatic rings. The molecule has 0 saturated heterocycles. The minimum atomic E-state index is 0.365. The van der Waals surface area contributed by atoms with Gasteiger partial charge in [0.2, 0.25) is 0 Å². The molecule has 1 heterocycles. The van der Waals surface area contributed by atoms with E-state index in [1.807, 2.05) is 31.2 Å². The number of nitrogens with zero attached hydrogens (tertiary/aromatic N) is 2. The van der Waals surface area contributed by atoms with Crippen LogP contribution in [-0.2, 0) is 6.54 Å². The number of rotatable bonds is 4. The fourth-order valence-corrected chi connectivity index (χ4v) is 1.80. The van der Waals surface area contributed by atoms with Gasteiger partial charge in [-0.2, -0.15) is 5.10 Å². The topological polar surface area (TPSA) is 53.1 Å². The molecule has 20 heavy (non-hydrogen) atoms. The van der Waals surface area contributed by atoms with Crippen molar-refractivity contribution in [3.63, 3.8) is 0 Å². The van der Waals surface area contributed by atoms with Crippen molar-refractivity contribution in [3.05, 3.63) is 46.7 Å². The smallest absolute Gasteiger partial charge is 0.119 e. The van der Waals surface area contributed by atoms with E-state index in [1.165, 1.54) is 0 Å². The number of halogens is 1. The van der Waals surface area contributed by atoms with E-state index in [1.54, 1.807) is 10.9 Å². The molecule has 2 N–H and O–H groups in total. The lowest BCUT2D eigenvalue weighted by Gasteiger charge is -2.06. The van der Waals surface area contributed by atoms with Gasteiger partial charge in [-0.25, -0.2) is 0 Å². The highest BCUT2D eigenvalue weighted by Gasteiger charge is 2.01. The first-order chi connectivity index (χ1) is 9.69. The molecule has 0 aliphatic carbocycles. The molecule has 0 spiro atoms. The lowest BCUT2D eigenvalue weighted by Crippen LogP contribution is -2.08. The van der Waals surface area contributed by atoms with Crippen molar-refractivity contribution < 1.29 is 4.74 Å². The van der Waals surface area contributed by atoms with Crippen LogP contribution in [0.4, 0.5) is 0 Å². The zero-order valence-corrected chi connectivity index (χ0v) is 12.0. The minimum absolute atomic E-state index is 0.365. The third-order valence-corrected chi connectivity index (χ3v) is 3.04. The van der Waals surface area contributed by atoms with Crippen molar-refractivity contribution in [2.45, 2.75) is 13.5 Å². The molecular weight excluding hydrogens is 274 g/mol. The van der Waals surface area contributed by atoms with Gasteiger partial charge in [-0.3, -0.25) is 4.68 Å². The molecule has 4 nitrogen and oxygen atoms in total. The van der Waals surface area contributed by atoms with Crippen molar-refractivity contribution in [2.24, 2.45) is 5.73 Å². The second kappa shape index (κ2) is 6.99. The zero-order chi connectivity index (χ0) is 14.4. The van der Waals surface area contributed by atoms with Crippen LogP contribution < -0.4 is 10.5 Å². The molecule has 2 aromatic rings. The number of nitrogens with two attached hydrogens (primary N) is 1. The van der Waals surface area contributed by atoms with Gasteiger partial charge in [-0.15, -0.1) is 0 Å². The number of aryl methyl sites for hydroxylation is 1. The standard InChI is InChI=1S/C15H16ClN3O/c1-12-15(16)11-19(18-12)9-10-20-14-6-4-13(5-7-14)3-2-8-17/h4-7,11H,8-10,17H2,1H3. The Hall–Kier alpha value is -1.96. The highest BCUT2D eigenvalue weighted by molar-refractivity contribution is 6.31. The maximum absolute atomic E-state index is 5.94. The fraction of sp³-hybridized carbons (Fsp3) is 0.267. The van der Waals surface area contributed by atoms with Gasteiger partial charge in [-0.05, 0) is 31.2 Å². The largest absolute Gasteiger partial charge is 0.492 e. The average molecular weight is 290 g/mol. The molecule has 0 bridgehead atoms. The fourth-order valence-electron chi connectivity index (χ4n) is 1.65. The Balaban J connectivity index is 1.85. The Kier molecular flexibility index (Phi) is 5.05. The van der Waals surface area contributed by atoms with Crippen LogP contribution in [-0.4, -0.2) is 22.9 Å². The molecule has 1 aromatic carbocycles.